The second kappa shape index (κ2) is 8.14. The highest BCUT2D eigenvalue weighted by atomic mass is 16.5. The minimum atomic E-state index is -0.858. The fourth-order valence-corrected chi connectivity index (χ4v) is 4.60. The van der Waals surface area contributed by atoms with Gasteiger partial charge in [-0.05, 0) is 60.9 Å². The topological polar surface area (TPSA) is 96.2 Å². The summed E-state index contributed by atoms with van der Waals surface area (Å²) < 4.78 is 7.88. The smallest absolute Gasteiger partial charge is 0.255 e. The van der Waals surface area contributed by atoms with Crippen LogP contribution >= 0.6 is 0 Å². The summed E-state index contributed by atoms with van der Waals surface area (Å²) in [6, 6.07) is 12.9. The van der Waals surface area contributed by atoms with Crippen LogP contribution < -0.4 is 10.1 Å². The Morgan fingerprint density at radius 1 is 1.18 bits per heavy atom. The Balaban J connectivity index is 1.50. The van der Waals surface area contributed by atoms with Crippen LogP contribution in [0.2, 0.25) is 0 Å². The van der Waals surface area contributed by atoms with Crippen molar-refractivity contribution < 1.29 is 19.4 Å². The molecule has 0 bridgehead atoms. The van der Waals surface area contributed by atoms with E-state index in [0.717, 1.165) is 16.3 Å². The predicted molar refractivity (Wildman–Crippen MR) is 128 cm³/mol. The molecule has 1 fully saturated rings. The number of hydrogen-bond donors (Lipinski definition) is 2. The zero-order valence-corrected chi connectivity index (χ0v) is 19.3. The minimum Gasteiger partial charge on any atom is -0.455 e. The molecule has 1 atom stereocenters. The number of ether oxygens (including phenoxy) is 1. The number of β-amino-alcohol motifs (C(OH)–C–C–N with tert-alkyl or cyclic N) is 1. The average molecular weight is 459 g/mol. The van der Waals surface area contributed by atoms with E-state index in [0.29, 0.717) is 47.7 Å². The lowest BCUT2D eigenvalue weighted by Crippen LogP contribution is -2.34. The molecule has 2 N–H and O–H groups in total. The van der Waals surface area contributed by atoms with Crippen LogP contribution in [-0.4, -0.2) is 57.2 Å². The SMILES string of the molecule is CNC(=O)c1cccc2cc(Oc3ccnn4cc(C(=O)N5CC[C@@](C)(O)C5)c(C)c34)ccc12. The van der Waals surface area contributed by atoms with E-state index in [4.69, 9.17) is 4.74 Å². The normalized spacial score (nSPS) is 17.9. The summed E-state index contributed by atoms with van der Waals surface area (Å²) in [5.41, 5.74) is 1.75. The third-order valence-corrected chi connectivity index (χ3v) is 6.41. The molecule has 0 aliphatic carbocycles. The lowest BCUT2D eigenvalue weighted by Gasteiger charge is -2.18. The fourth-order valence-electron chi connectivity index (χ4n) is 4.60. The second-order valence-electron chi connectivity index (χ2n) is 9.00. The van der Waals surface area contributed by atoms with Gasteiger partial charge in [-0.3, -0.25) is 9.59 Å². The number of aryl methyl sites for hydroxylation is 1. The van der Waals surface area contributed by atoms with Gasteiger partial charge in [-0.2, -0.15) is 5.10 Å². The number of carbonyl (C=O) groups is 2. The number of benzene rings is 2. The number of hydrogen-bond acceptors (Lipinski definition) is 5. The van der Waals surface area contributed by atoms with Gasteiger partial charge >= 0.3 is 0 Å². The lowest BCUT2D eigenvalue weighted by atomic mass is 10.0. The first-order chi connectivity index (χ1) is 16.3. The first kappa shape index (κ1) is 21.9. The molecule has 1 aliphatic rings. The van der Waals surface area contributed by atoms with Crippen LogP contribution in [0.15, 0.2) is 54.9 Å². The van der Waals surface area contributed by atoms with Gasteiger partial charge in [0.25, 0.3) is 11.8 Å². The van der Waals surface area contributed by atoms with Crippen molar-refractivity contribution in [3.05, 3.63) is 71.5 Å². The van der Waals surface area contributed by atoms with Crippen LogP contribution in [0, 0.1) is 6.92 Å². The van der Waals surface area contributed by atoms with Crippen molar-refractivity contribution in [2.75, 3.05) is 20.1 Å². The van der Waals surface area contributed by atoms with Gasteiger partial charge in [0, 0.05) is 38.0 Å². The van der Waals surface area contributed by atoms with E-state index in [2.05, 4.69) is 10.4 Å². The Bertz CT molecular complexity index is 1440. The van der Waals surface area contributed by atoms with E-state index in [9.17, 15) is 14.7 Å². The Labute approximate surface area is 196 Å². The molecule has 2 aromatic carbocycles. The summed E-state index contributed by atoms with van der Waals surface area (Å²) in [6.07, 6.45) is 3.89. The maximum absolute atomic E-state index is 13.2. The van der Waals surface area contributed by atoms with Gasteiger partial charge in [0.2, 0.25) is 0 Å². The van der Waals surface area contributed by atoms with E-state index < -0.39 is 5.60 Å². The number of aromatic nitrogens is 2. The number of fused-ring (bicyclic) bond motifs is 2. The Morgan fingerprint density at radius 3 is 2.74 bits per heavy atom. The second-order valence-corrected chi connectivity index (χ2v) is 9.00. The van der Waals surface area contributed by atoms with Crippen LogP contribution in [0.25, 0.3) is 16.3 Å². The third-order valence-electron chi connectivity index (χ3n) is 6.41. The van der Waals surface area contributed by atoms with Gasteiger partial charge in [0.15, 0.2) is 5.75 Å². The molecule has 8 heteroatoms. The van der Waals surface area contributed by atoms with E-state index in [1.165, 1.54) is 0 Å². The molecule has 2 amide bonds. The molecule has 1 aliphatic heterocycles. The summed E-state index contributed by atoms with van der Waals surface area (Å²) in [5.74, 6) is 0.912. The molecular weight excluding hydrogens is 432 g/mol. The molecule has 0 saturated carbocycles. The van der Waals surface area contributed by atoms with Gasteiger partial charge in [0.1, 0.15) is 11.3 Å². The molecular formula is C26H26N4O4. The van der Waals surface area contributed by atoms with Crippen molar-refractivity contribution >= 4 is 28.1 Å². The summed E-state index contributed by atoms with van der Waals surface area (Å²) in [4.78, 5) is 27.0. The first-order valence-corrected chi connectivity index (χ1v) is 11.2. The number of likely N-dealkylation sites (tertiary alicyclic amines) is 1. The van der Waals surface area contributed by atoms with E-state index in [1.54, 1.807) is 47.9 Å². The number of rotatable bonds is 4. The molecule has 1 saturated heterocycles. The fraction of sp³-hybridized carbons (Fsp3) is 0.269. The van der Waals surface area contributed by atoms with E-state index >= 15 is 0 Å². The third kappa shape index (κ3) is 3.76. The number of nitrogens with zero attached hydrogens (tertiary/aromatic N) is 3. The molecule has 5 rings (SSSR count). The molecule has 3 heterocycles. The lowest BCUT2D eigenvalue weighted by molar-refractivity contribution is 0.0572. The molecule has 0 radical (unpaired) electrons. The maximum Gasteiger partial charge on any atom is 0.255 e. The Morgan fingerprint density at radius 2 is 2.00 bits per heavy atom. The van der Waals surface area contributed by atoms with Gasteiger partial charge in [-0.15, -0.1) is 0 Å². The quantitative estimate of drug-likeness (QED) is 0.488. The summed E-state index contributed by atoms with van der Waals surface area (Å²) in [6.45, 7) is 4.45. The Hall–Kier alpha value is -3.91. The minimum absolute atomic E-state index is 0.126. The summed E-state index contributed by atoms with van der Waals surface area (Å²) >= 11 is 0. The molecule has 2 aromatic heterocycles. The molecule has 34 heavy (non-hydrogen) atoms. The molecule has 4 aromatic rings. The average Bonchev–Trinajstić information content (AvgIpc) is 3.37. The van der Waals surface area contributed by atoms with Crippen molar-refractivity contribution in [2.45, 2.75) is 25.9 Å². The zero-order valence-electron chi connectivity index (χ0n) is 19.3. The van der Waals surface area contributed by atoms with Crippen molar-refractivity contribution in [3.8, 4) is 11.5 Å². The van der Waals surface area contributed by atoms with Crippen LogP contribution in [0.1, 0.15) is 39.6 Å². The number of nitrogens with one attached hydrogen (secondary N) is 1. The number of amides is 2. The molecule has 8 nitrogen and oxygen atoms in total. The van der Waals surface area contributed by atoms with E-state index in [1.807, 2.05) is 37.3 Å². The maximum atomic E-state index is 13.2. The van der Waals surface area contributed by atoms with Crippen LogP contribution in [0.4, 0.5) is 0 Å². The van der Waals surface area contributed by atoms with Crippen LogP contribution in [0.3, 0.4) is 0 Å². The monoisotopic (exact) mass is 458 g/mol. The van der Waals surface area contributed by atoms with Crippen LogP contribution in [0.5, 0.6) is 11.5 Å². The highest BCUT2D eigenvalue weighted by Gasteiger charge is 2.35. The van der Waals surface area contributed by atoms with Gasteiger partial charge in [0.05, 0.1) is 17.4 Å². The van der Waals surface area contributed by atoms with Crippen molar-refractivity contribution in [3.63, 3.8) is 0 Å². The molecule has 0 spiro atoms. The molecule has 0 unspecified atom stereocenters. The first-order valence-electron chi connectivity index (χ1n) is 11.2. The highest BCUT2D eigenvalue weighted by Crippen LogP contribution is 2.33. The number of aliphatic hydroxyl groups is 1. The predicted octanol–water partition coefficient (Wildman–Crippen LogP) is 3.54. The zero-order chi connectivity index (χ0) is 24.0. The van der Waals surface area contributed by atoms with Gasteiger partial charge < -0.3 is 20.1 Å². The van der Waals surface area contributed by atoms with Crippen molar-refractivity contribution in [2.24, 2.45) is 0 Å². The standard InChI is InChI=1S/C26H26N4O4/c1-16-21(25(32)29-12-10-26(2,33)15-29)14-30-23(16)22(9-11-28-30)34-18-7-8-19-17(13-18)5-4-6-20(19)24(31)27-3/h4-9,11,13-14,33H,10,12,15H2,1-3H3,(H,27,31)/t26-/m1/s1. The highest BCUT2D eigenvalue weighted by molar-refractivity contribution is 6.07. The van der Waals surface area contributed by atoms with E-state index in [-0.39, 0.29) is 11.8 Å². The molecule has 174 valence electrons. The summed E-state index contributed by atoms with van der Waals surface area (Å²) in [7, 11) is 1.61. The summed E-state index contributed by atoms with van der Waals surface area (Å²) in [5, 5.41) is 19.0. The van der Waals surface area contributed by atoms with Gasteiger partial charge in [-0.1, -0.05) is 12.1 Å². The van der Waals surface area contributed by atoms with Gasteiger partial charge in [-0.25, -0.2) is 4.52 Å². The van der Waals surface area contributed by atoms with Crippen molar-refractivity contribution in [1.82, 2.24) is 19.8 Å². The Kier molecular flexibility index (Phi) is 5.25. The van der Waals surface area contributed by atoms with Crippen molar-refractivity contribution in [1.29, 1.82) is 0 Å². The number of carbonyl (C=O) groups excluding carboxylic acids is 2. The van der Waals surface area contributed by atoms with Crippen LogP contribution in [-0.2, 0) is 0 Å². The largest absolute Gasteiger partial charge is 0.455 e.